The Labute approximate surface area is 173 Å². The fourth-order valence-electron chi connectivity index (χ4n) is 3.42. The van der Waals surface area contributed by atoms with Gasteiger partial charge in [-0.2, -0.15) is 9.40 Å². The van der Waals surface area contributed by atoms with Gasteiger partial charge < -0.3 is 14.0 Å². The number of carbonyl (C=O) groups is 1. The van der Waals surface area contributed by atoms with Crippen LogP contribution in [0.1, 0.15) is 29.7 Å². The maximum absolute atomic E-state index is 13.0. The summed E-state index contributed by atoms with van der Waals surface area (Å²) in [6.07, 6.45) is 2.32. The van der Waals surface area contributed by atoms with Crippen LogP contribution in [0.25, 0.3) is 11.0 Å². The van der Waals surface area contributed by atoms with Crippen molar-refractivity contribution in [2.24, 2.45) is 0 Å². The van der Waals surface area contributed by atoms with Crippen LogP contribution in [0.15, 0.2) is 35.4 Å². The number of aromatic amines is 1. The lowest BCUT2D eigenvalue weighted by Gasteiger charge is -2.26. The van der Waals surface area contributed by atoms with Crippen molar-refractivity contribution >= 4 is 27.0 Å². The van der Waals surface area contributed by atoms with Gasteiger partial charge in [0.2, 0.25) is 10.0 Å². The molecule has 1 aliphatic rings. The van der Waals surface area contributed by atoms with Crippen molar-refractivity contribution in [1.82, 2.24) is 24.1 Å². The van der Waals surface area contributed by atoms with Gasteiger partial charge in [0.1, 0.15) is 18.1 Å². The third-order valence-electron chi connectivity index (χ3n) is 4.91. The normalized spacial score (nSPS) is 15.5. The van der Waals surface area contributed by atoms with E-state index in [1.165, 1.54) is 16.6 Å². The highest BCUT2D eigenvalue weighted by atomic mass is 32.2. The predicted octanol–water partition coefficient (Wildman–Crippen LogP) is 1.55. The van der Waals surface area contributed by atoms with E-state index in [-0.39, 0.29) is 17.2 Å². The number of hydrogen-bond donors (Lipinski definition) is 1. The number of ether oxygens (including phenoxy) is 2. The number of nitrogens with one attached hydrogen (secondary N) is 1. The summed E-state index contributed by atoms with van der Waals surface area (Å²) >= 11 is 0. The molecule has 0 amide bonds. The Kier molecular flexibility index (Phi) is 5.84. The fraction of sp³-hybridized carbons (Fsp3) is 0.421. The van der Waals surface area contributed by atoms with Crippen molar-refractivity contribution in [2.45, 2.75) is 31.4 Å². The molecule has 0 unspecified atom stereocenters. The molecular formula is C19H23N5O5S. The highest BCUT2D eigenvalue weighted by Gasteiger charge is 2.27. The highest BCUT2D eigenvalue weighted by Crippen LogP contribution is 2.24. The number of hydrogen-bond acceptors (Lipinski definition) is 7. The largest absolute Gasteiger partial charge is 0.453 e. The minimum Gasteiger partial charge on any atom is -0.453 e. The second-order valence-corrected chi connectivity index (χ2v) is 8.83. The smallest absolute Gasteiger partial charge is 0.356 e. The number of H-pyrrole nitrogens is 1. The van der Waals surface area contributed by atoms with Crippen LogP contribution in [0.3, 0.4) is 0 Å². The standard InChI is InChI=1S/C19H23N5O5S/c1-2-7-24-17-4-3-14(30(26,27)23-8-10-28-11-9-23)12-16(17)21-18(24)13-29-19(25)15-5-6-20-22-15/h3-6,12H,2,7-11,13H2,1H3,(H,20,22). The van der Waals surface area contributed by atoms with Gasteiger partial charge >= 0.3 is 5.97 Å². The number of morpholine rings is 1. The van der Waals surface area contributed by atoms with E-state index in [9.17, 15) is 13.2 Å². The molecule has 30 heavy (non-hydrogen) atoms. The summed E-state index contributed by atoms with van der Waals surface area (Å²) < 4.78 is 39.9. The monoisotopic (exact) mass is 433 g/mol. The topological polar surface area (TPSA) is 119 Å². The Morgan fingerprint density at radius 2 is 2.07 bits per heavy atom. The summed E-state index contributed by atoms with van der Waals surface area (Å²) in [5.41, 5.74) is 1.60. The van der Waals surface area contributed by atoms with Gasteiger partial charge in [-0.3, -0.25) is 5.10 Å². The Morgan fingerprint density at radius 3 is 2.77 bits per heavy atom. The molecule has 11 heteroatoms. The maximum Gasteiger partial charge on any atom is 0.356 e. The van der Waals surface area contributed by atoms with Crippen molar-refractivity contribution in [3.8, 4) is 0 Å². The van der Waals surface area contributed by atoms with E-state index < -0.39 is 16.0 Å². The maximum atomic E-state index is 13.0. The van der Waals surface area contributed by atoms with Crippen LogP contribution >= 0.6 is 0 Å². The summed E-state index contributed by atoms with van der Waals surface area (Å²) in [4.78, 5) is 16.8. The minimum absolute atomic E-state index is 0.0297. The molecule has 0 spiro atoms. The number of fused-ring (bicyclic) bond motifs is 1. The number of benzene rings is 1. The van der Waals surface area contributed by atoms with E-state index in [1.807, 2.05) is 11.5 Å². The molecule has 1 fully saturated rings. The zero-order chi connectivity index (χ0) is 21.1. The Balaban J connectivity index is 1.63. The van der Waals surface area contributed by atoms with Crippen molar-refractivity contribution < 1.29 is 22.7 Å². The van der Waals surface area contributed by atoms with Crippen LogP contribution in [-0.4, -0.2) is 64.7 Å². The van der Waals surface area contributed by atoms with Crippen molar-refractivity contribution in [3.63, 3.8) is 0 Å². The number of nitrogens with zero attached hydrogens (tertiary/aromatic N) is 4. The van der Waals surface area contributed by atoms with Gasteiger partial charge in [0.15, 0.2) is 0 Å². The Morgan fingerprint density at radius 1 is 1.27 bits per heavy atom. The van der Waals surface area contributed by atoms with Crippen LogP contribution in [0, 0.1) is 0 Å². The molecule has 0 aliphatic carbocycles. The first-order valence-electron chi connectivity index (χ1n) is 9.74. The van der Waals surface area contributed by atoms with E-state index in [4.69, 9.17) is 9.47 Å². The van der Waals surface area contributed by atoms with Crippen molar-refractivity contribution in [2.75, 3.05) is 26.3 Å². The van der Waals surface area contributed by atoms with Gasteiger partial charge in [0.05, 0.1) is 29.1 Å². The lowest BCUT2D eigenvalue weighted by molar-refractivity contribution is 0.0451. The third-order valence-corrected chi connectivity index (χ3v) is 6.80. The molecular weight excluding hydrogens is 410 g/mol. The number of rotatable bonds is 7. The lowest BCUT2D eigenvalue weighted by atomic mass is 10.3. The van der Waals surface area contributed by atoms with Crippen LogP contribution in [-0.2, 0) is 32.6 Å². The number of sulfonamides is 1. The SMILES string of the molecule is CCCn1c(COC(=O)c2ccn[nH]2)nc2cc(S(=O)(=O)N3CCOCC3)ccc21. The summed E-state index contributed by atoms with van der Waals surface area (Å²) in [6.45, 7) is 4.11. The fourth-order valence-corrected chi connectivity index (χ4v) is 4.85. The quantitative estimate of drug-likeness (QED) is 0.561. The van der Waals surface area contributed by atoms with Crippen molar-refractivity contribution in [1.29, 1.82) is 0 Å². The van der Waals surface area contributed by atoms with Crippen LogP contribution < -0.4 is 0 Å². The Hall–Kier alpha value is -2.76. The molecule has 0 radical (unpaired) electrons. The van der Waals surface area contributed by atoms with Gasteiger partial charge in [-0.25, -0.2) is 18.2 Å². The van der Waals surface area contributed by atoms with Gasteiger partial charge in [0, 0.05) is 25.8 Å². The number of imidazole rings is 1. The zero-order valence-corrected chi connectivity index (χ0v) is 17.4. The molecule has 160 valence electrons. The van der Waals surface area contributed by atoms with E-state index in [2.05, 4.69) is 15.2 Å². The van der Waals surface area contributed by atoms with Crippen LogP contribution in [0.2, 0.25) is 0 Å². The number of aryl methyl sites for hydroxylation is 1. The molecule has 3 heterocycles. The van der Waals surface area contributed by atoms with Crippen molar-refractivity contribution in [3.05, 3.63) is 42.0 Å². The molecule has 10 nitrogen and oxygen atoms in total. The highest BCUT2D eigenvalue weighted by molar-refractivity contribution is 7.89. The molecule has 1 aliphatic heterocycles. The van der Waals surface area contributed by atoms with E-state index in [0.29, 0.717) is 44.2 Å². The van der Waals surface area contributed by atoms with Gasteiger partial charge in [-0.1, -0.05) is 6.92 Å². The molecule has 0 bridgehead atoms. The van der Waals surface area contributed by atoms with Crippen LogP contribution in [0.5, 0.6) is 0 Å². The molecule has 1 aromatic carbocycles. The molecule has 0 atom stereocenters. The first-order chi connectivity index (χ1) is 14.5. The lowest BCUT2D eigenvalue weighted by Crippen LogP contribution is -2.40. The van der Waals surface area contributed by atoms with E-state index >= 15 is 0 Å². The van der Waals surface area contributed by atoms with E-state index in [1.54, 1.807) is 18.2 Å². The summed E-state index contributed by atoms with van der Waals surface area (Å²) in [7, 11) is -3.62. The van der Waals surface area contributed by atoms with Gasteiger partial charge in [-0.15, -0.1) is 0 Å². The van der Waals surface area contributed by atoms with Gasteiger partial charge in [-0.05, 0) is 30.7 Å². The minimum atomic E-state index is -3.62. The summed E-state index contributed by atoms with van der Waals surface area (Å²) in [6, 6.07) is 6.46. The third kappa shape index (κ3) is 3.95. The Bertz CT molecular complexity index is 1130. The average Bonchev–Trinajstić information content (AvgIpc) is 3.41. The molecule has 4 rings (SSSR count). The second-order valence-electron chi connectivity index (χ2n) is 6.89. The molecule has 1 saturated heterocycles. The number of aromatic nitrogens is 4. The molecule has 1 N–H and O–H groups in total. The first-order valence-corrected chi connectivity index (χ1v) is 11.2. The summed E-state index contributed by atoms with van der Waals surface area (Å²) in [5.74, 6) is 0.0267. The number of esters is 1. The molecule has 3 aromatic rings. The molecule has 0 saturated carbocycles. The van der Waals surface area contributed by atoms with Crippen LogP contribution in [0.4, 0.5) is 0 Å². The first kappa shape index (κ1) is 20.5. The average molecular weight is 433 g/mol. The second kappa shape index (κ2) is 8.54. The molecule has 2 aromatic heterocycles. The van der Waals surface area contributed by atoms with Gasteiger partial charge in [0.25, 0.3) is 0 Å². The summed E-state index contributed by atoms with van der Waals surface area (Å²) in [5, 5.41) is 6.30. The predicted molar refractivity (Wildman–Crippen MR) is 107 cm³/mol. The van der Waals surface area contributed by atoms with E-state index in [0.717, 1.165) is 11.9 Å². The number of carbonyl (C=O) groups excluding carboxylic acids is 1. The zero-order valence-electron chi connectivity index (χ0n) is 16.6.